The molecule has 110 valence electrons. The van der Waals surface area contributed by atoms with Crippen molar-refractivity contribution in [3.8, 4) is 0 Å². The van der Waals surface area contributed by atoms with Gasteiger partial charge < -0.3 is 4.74 Å². The highest BCUT2D eigenvalue weighted by Gasteiger charge is 2.20. The quantitative estimate of drug-likeness (QED) is 0.624. The summed E-state index contributed by atoms with van der Waals surface area (Å²) in [6, 6.07) is 9.02. The third-order valence-electron chi connectivity index (χ3n) is 4.40. The van der Waals surface area contributed by atoms with Gasteiger partial charge in [0, 0.05) is 7.11 Å². The molecule has 1 aliphatic carbocycles. The van der Waals surface area contributed by atoms with Gasteiger partial charge in [-0.05, 0) is 55.1 Å². The molecule has 1 nitrogen and oxygen atoms in total. The molecule has 1 heteroatoms. The molecule has 0 amide bonds. The van der Waals surface area contributed by atoms with Gasteiger partial charge in [-0.3, -0.25) is 0 Å². The third kappa shape index (κ3) is 4.49. The van der Waals surface area contributed by atoms with E-state index in [1.807, 2.05) is 0 Å². The van der Waals surface area contributed by atoms with E-state index in [-0.39, 0.29) is 0 Å². The molecule has 0 aromatic heterocycles. The number of hydrogen-bond donors (Lipinski definition) is 0. The Bertz CT molecular complexity index is 396. The van der Waals surface area contributed by atoms with Crippen LogP contribution in [0.1, 0.15) is 62.5 Å². The lowest BCUT2D eigenvalue weighted by atomic mass is 9.78. The van der Waals surface area contributed by atoms with E-state index >= 15 is 0 Å². The van der Waals surface area contributed by atoms with Gasteiger partial charge in [-0.25, -0.2) is 0 Å². The summed E-state index contributed by atoms with van der Waals surface area (Å²) in [6.45, 7) is 2.96. The molecule has 0 bridgehead atoms. The van der Waals surface area contributed by atoms with Crippen molar-refractivity contribution in [2.45, 2.75) is 58.0 Å². The summed E-state index contributed by atoms with van der Waals surface area (Å²) >= 11 is 0. The molecule has 1 fully saturated rings. The monoisotopic (exact) mass is 272 g/mol. The van der Waals surface area contributed by atoms with Gasteiger partial charge in [0.25, 0.3) is 0 Å². The number of methoxy groups -OCH3 is 1. The average molecular weight is 272 g/mol. The number of hydrogen-bond acceptors (Lipinski definition) is 1. The zero-order valence-corrected chi connectivity index (χ0v) is 13.0. The fourth-order valence-electron chi connectivity index (χ4n) is 3.15. The Hall–Kier alpha value is -1.08. The minimum atomic E-state index is 0.718. The van der Waals surface area contributed by atoms with Crippen molar-refractivity contribution in [2.75, 3.05) is 7.11 Å². The molecule has 0 aliphatic heterocycles. The predicted molar refractivity (Wildman–Crippen MR) is 85.9 cm³/mol. The standard InChI is InChI=1S/C19H28O/c1-3-4-5-6-16-7-11-18(12-8-16)19-13-9-17(10-14-19)15-20-2/h5-6,9-10,13-14,16,18H,3-4,7-8,11-12,15H2,1-2H3. The number of unbranched alkanes of at least 4 members (excludes halogenated alkanes) is 1. The van der Waals surface area contributed by atoms with Crippen molar-refractivity contribution < 1.29 is 4.74 Å². The highest BCUT2D eigenvalue weighted by Crippen LogP contribution is 2.36. The van der Waals surface area contributed by atoms with Crippen molar-refractivity contribution in [1.29, 1.82) is 0 Å². The maximum Gasteiger partial charge on any atom is 0.0713 e. The Labute approximate surface area is 124 Å². The van der Waals surface area contributed by atoms with Gasteiger partial charge in [-0.2, -0.15) is 0 Å². The van der Waals surface area contributed by atoms with Crippen LogP contribution in [0.25, 0.3) is 0 Å². The second-order valence-corrected chi connectivity index (χ2v) is 6.00. The minimum absolute atomic E-state index is 0.718. The SMILES string of the molecule is CCCC=CC1CCC(c2ccc(COC)cc2)CC1. The molecule has 0 atom stereocenters. The molecule has 0 saturated heterocycles. The first-order chi connectivity index (χ1) is 9.83. The van der Waals surface area contributed by atoms with E-state index in [0.29, 0.717) is 0 Å². The molecule has 20 heavy (non-hydrogen) atoms. The normalized spacial score (nSPS) is 23.3. The summed E-state index contributed by atoms with van der Waals surface area (Å²) in [4.78, 5) is 0. The molecule has 0 heterocycles. The van der Waals surface area contributed by atoms with Crippen LogP contribution in [0.3, 0.4) is 0 Å². The Morgan fingerprint density at radius 2 is 1.80 bits per heavy atom. The lowest BCUT2D eigenvalue weighted by Crippen LogP contribution is -2.11. The average Bonchev–Trinajstić information content (AvgIpc) is 2.49. The first kappa shape index (κ1) is 15.3. The lowest BCUT2D eigenvalue weighted by molar-refractivity contribution is 0.185. The van der Waals surface area contributed by atoms with Gasteiger partial charge in [-0.15, -0.1) is 0 Å². The van der Waals surface area contributed by atoms with E-state index in [0.717, 1.165) is 18.4 Å². The number of ether oxygens (including phenoxy) is 1. The molecule has 2 rings (SSSR count). The number of rotatable bonds is 6. The molecule has 1 aromatic rings. The van der Waals surface area contributed by atoms with Gasteiger partial charge in [0.05, 0.1) is 6.61 Å². The Morgan fingerprint density at radius 3 is 2.40 bits per heavy atom. The van der Waals surface area contributed by atoms with Gasteiger partial charge >= 0.3 is 0 Å². The van der Waals surface area contributed by atoms with E-state index < -0.39 is 0 Å². The van der Waals surface area contributed by atoms with Crippen molar-refractivity contribution in [3.63, 3.8) is 0 Å². The van der Waals surface area contributed by atoms with Crippen molar-refractivity contribution in [3.05, 3.63) is 47.5 Å². The number of allylic oxidation sites excluding steroid dienone is 2. The van der Waals surface area contributed by atoms with Crippen LogP contribution in [0.15, 0.2) is 36.4 Å². The Balaban J connectivity index is 1.83. The molecular formula is C19H28O. The van der Waals surface area contributed by atoms with E-state index in [2.05, 4.69) is 43.3 Å². The molecule has 0 N–H and O–H groups in total. The van der Waals surface area contributed by atoms with Gasteiger partial charge in [-0.1, -0.05) is 49.8 Å². The fraction of sp³-hybridized carbons (Fsp3) is 0.579. The van der Waals surface area contributed by atoms with E-state index in [4.69, 9.17) is 4.74 Å². The topological polar surface area (TPSA) is 9.23 Å². The van der Waals surface area contributed by atoms with Crippen LogP contribution in [0.4, 0.5) is 0 Å². The maximum absolute atomic E-state index is 5.17. The van der Waals surface area contributed by atoms with Crippen LogP contribution in [0.5, 0.6) is 0 Å². The summed E-state index contributed by atoms with van der Waals surface area (Å²) in [5.41, 5.74) is 2.79. The first-order valence-corrected chi connectivity index (χ1v) is 8.08. The Morgan fingerprint density at radius 1 is 1.10 bits per heavy atom. The van der Waals surface area contributed by atoms with E-state index in [1.165, 1.54) is 49.7 Å². The molecule has 1 aliphatic rings. The van der Waals surface area contributed by atoms with Crippen molar-refractivity contribution in [2.24, 2.45) is 5.92 Å². The summed E-state index contributed by atoms with van der Waals surface area (Å²) in [5.74, 6) is 1.59. The summed E-state index contributed by atoms with van der Waals surface area (Å²) in [6.07, 6.45) is 12.7. The zero-order chi connectivity index (χ0) is 14.2. The molecule has 0 spiro atoms. The summed E-state index contributed by atoms with van der Waals surface area (Å²) < 4.78 is 5.17. The number of benzene rings is 1. The minimum Gasteiger partial charge on any atom is -0.380 e. The fourth-order valence-corrected chi connectivity index (χ4v) is 3.15. The second kappa shape index (κ2) is 8.26. The van der Waals surface area contributed by atoms with Gasteiger partial charge in [0.2, 0.25) is 0 Å². The van der Waals surface area contributed by atoms with Crippen LogP contribution in [-0.2, 0) is 11.3 Å². The van der Waals surface area contributed by atoms with Crippen molar-refractivity contribution in [1.82, 2.24) is 0 Å². The molecular weight excluding hydrogens is 244 g/mol. The van der Waals surface area contributed by atoms with Crippen LogP contribution in [0.2, 0.25) is 0 Å². The van der Waals surface area contributed by atoms with Gasteiger partial charge in [0.1, 0.15) is 0 Å². The predicted octanol–water partition coefficient (Wildman–Crippen LogP) is 5.46. The maximum atomic E-state index is 5.17. The van der Waals surface area contributed by atoms with Crippen LogP contribution < -0.4 is 0 Å². The first-order valence-electron chi connectivity index (χ1n) is 8.08. The summed E-state index contributed by atoms with van der Waals surface area (Å²) in [5, 5.41) is 0. The van der Waals surface area contributed by atoms with E-state index in [9.17, 15) is 0 Å². The smallest absolute Gasteiger partial charge is 0.0713 e. The lowest BCUT2D eigenvalue weighted by Gasteiger charge is -2.27. The molecule has 1 aromatic carbocycles. The largest absolute Gasteiger partial charge is 0.380 e. The Kier molecular flexibility index (Phi) is 6.32. The highest BCUT2D eigenvalue weighted by molar-refractivity contribution is 5.25. The van der Waals surface area contributed by atoms with Crippen LogP contribution in [0, 0.1) is 5.92 Å². The van der Waals surface area contributed by atoms with E-state index in [1.54, 1.807) is 7.11 Å². The summed E-state index contributed by atoms with van der Waals surface area (Å²) in [7, 11) is 1.75. The van der Waals surface area contributed by atoms with Gasteiger partial charge in [0.15, 0.2) is 0 Å². The molecule has 0 radical (unpaired) electrons. The van der Waals surface area contributed by atoms with Crippen LogP contribution >= 0.6 is 0 Å². The van der Waals surface area contributed by atoms with Crippen LogP contribution in [-0.4, -0.2) is 7.11 Å². The highest BCUT2D eigenvalue weighted by atomic mass is 16.5. The molecule has 0 unspecified atom stereocenters. The third-order valence-corrected chi connectivity index (χ3v) is 4.40. The van der Waals surface area contributed by atoms with Crippen molar-refractivity contribution >= 4 is 0 Å². The second-order valence-electron chi connectivity index (χ2n) is 6.00. The zero-order valence-electron chi connectivity index (χ0n) is 13.0. The molecule has 1 saturated carbocycles.